The molecule has 1 aliphatic rings. The van der Waals surface area contributed by atoms with Crippen LogP contribution in [0, 0.1) is 0 Å². The molecule has 0 saturated carbocycles. The largest absolute Gasteiger partial charge is 0.377 e. The molecule has 17 heavy (non-hydrogen) atoms. The number of ether oxygens (including phenoxy) is 1. The van der Waals surface area contributed by atoms with E-state index in [1.165, 1.54) is 17.7 Å². The zero-order chi connectivity index (χ0) is 12.1. The number of nitrogens with two attached hydrogens (primary N) is 1. The average molecular weight is 255 g/mol. The summed E-state index contributed by atoms with van der Waals surface area (Å²) in [6.07, 6.45) is 5.82. The molecule has 2 heterocycles. The summed E-state index contributed by atoms with van der Waals surface area (Å²) in [6, 6.07) is 0. The summed E-state index contributed by atoms with van der Waals surface area (Å²) in [4.78, 5) is 7.78. The molecular weight excluding hydrogens is 234 g/mol. The SMILES string of the molecule is CCCOC1CCCN(Cc2cnc(N)s2)C1. The first-order valence-corrected chi connectivity index (χ1v) is 7.13. The van der Waals surface area contributed by atoms with Crippen LogP contribution < -0.4 is 5.73 Å². The van der Waals surface area contributed by atoms with Crippen molar-refractivity contribution < 1.29 is 4.74 Å². The lowest BCUT2D eigenvalue weighted by atomic mass is 10.1. The summed E-state index contributed by atoms with van der Waals surface area (Å²) in [5, 5.41) is 0.663. The standard InChI is InChI=1S/C12H21N3OS/c1-2-6-16-10-4-3-5-15(8-10)9-11-7-14-12(13)17-11/h7,10H,2-6,8-9H2,1H3,(H2,13,14). The number of likely N-dealkylation sites (tertiary alicyclic amines) is 1. The van der Waals surface area contributed by atoms with E-state index in [9.17, 15) is 0 Å². The number of rotatable bonds is 5. The fourth-order valence-corrected chi connectivity index (χ4v) is 2.92. The van der Waals surface area contributed by atoms with Gasteiger partial charge in [-0.3, -0.25) is 4.90 Å². The topological polar surface area (TPSA) is 51.4 Å². The molecule has 0 amide bonds. The summed E-state index contributed by atoms with van der Waals surface area (Å²) < 4.78 is 5.83. The van der Waals surface area contributed by atoms with E-state index < -0.39 is 0 Å². The first-order valence-electron chi connectivity index (χ1n) is 6.32. The molecular formula is C12H21N3OS. The van der Waals surface area contributed by atoms with Crippen molar-refractivity contribution >= 4 is 16.5 Å². The number of nitrogens with zero attached hydrogens (tertiary/aromatic N) is 2. The minimum Gasteiger partial charge on any atom is -0.377 e. The van der Waals surface area contributed by atoms with Crippen LogP contribution in [-0.2, 0) is 11.3 Å². The fourth-order valence-electron chi connectivity index (χ4n) is 2.19. The number of thiazole rings is 1. The van der Waals surface area contributed by atoms with E-state index in [4.69, 9.17) is 10.5 Å². The summed E-state index contributed by atoms with van der Waals surface area (Å²) in [7, 11) is 0. The van der Waals surface area contributed by atoms with Gasteiger partial charge >= 0.3 is 0 Å². The molecule has 0 bridgehead atoms. The van der Waals surface area contributed by atoms with Crippen molar-refractivity contribution in [3.63, 3.8) is 0 Å². The van der Waals surface area contributed by atoms with Gasteiger partial charge in [0.25, 0.3) is 0 Å². The van der Waals surface area contributed by atoms with Gasteiger partial charge in [-0.15, -0.1) is 11.3 Å². The van der Waals surface area contributed by atoms with Crippen LogP contribution in [-0.4, -0.2) is 35.7 Å². The number of hydrogen-bond donors (Lipinski definition) is 1. The van der Waals surface area contributed by atoms with Crippen LogP contribution in [0.1, 0.15) is 31.1 Å². The molecule has 4 nitrogen and oxygen atoms in total. The zero-order valence-electron chi connectivity index (χ0n) is 10.4. The van der Waals surface area contributed by atoms with Gasteiger partial charge in [0.2, 0.25) is 0 Å². The summed E-state index contributed by atoms with van der Waals surface area (Å²) in [5.74, 6) is 0. The first kappa shape index (κ1) is 12.8. The van der Waals surface area contributed by atoms with E-state index in [-0.39, 0.29) is 0 Å². The monoisotopic (exact) mass is 255 g/mol. The molecule has 1 unspecified atom stereocenters. The third-order valence-electron chi connectivity index (χ3n) is 2.97. The normalized spacial score (nSPS) is 21.8. The molecule has 0 aromatic carbocycles. The first-order chi connectivity index (χ1) is 8.28. The number of anilines is 1. The van der Waals surface area contributed by atoms with Crippen LogP contribution in [0.4, 0.5) is 5.13 Å². The molecule has 2 N–H and O–H groups in total. The van der Waals surface area contributed by atoms with E-state index in [0.29, 0.717) is 11.2 Å². The maximum absolute atomic E-state index is 5.83. The van der Waals surface area contributed by atoms with Crippen LogP contribution in [0.15, 0.2) is 6.20 Å². The second-order valence-electron chi connectivity index (χ2n) is 4.53. The molecule has 1 aliphatic heterocycles. The van der Waals surface area contributed by atoms with E-state index >= 15 is 0 Å². The maximum Gasteiger partial charge on any atom is 0.180 e. The van der Waals surface area contributed by atoms with Gasteiger partial charge in [0.05, 0.1) is 6.10 Å². The fraction of sp³-hybridized carbons (Fsp3) is 0.750. The van der Waals surface area contributed by atoms with E-state index in [1.54, 1.807) is 11.3 Å². The second-order valence-corrected chi connectivity index (χ2v) is 5.68. The third-order valence-corrected chi connectivity index (χ3v) is 3.78. The third kappa shape index (κ3) is 3.94. The van der Waals surface area contributed by atoms with E-state index in [2.05, 4.69) is 16.8 Å². The molecule has 2 rings (SSSR count). The number of piperidine rings is 1. The van der Waals surface area contributed by atoms with Crippen molar-refractivity contribution in [1.29, 1.82) is 0 Å². The number of aromatic nitrogens is 1. The van der Waals surface area contributed by atoms with Gasteiger partial charge in [-0.1, -0.05) is 6.92 Å². The minimum absolute atomic E-state index is 0.411. The van der Waals surface area contributed by atoms with E-state index in [0.717, 1.165) is 32.7 Å². The van der Waals surface area contributed by atoms with Gasteiger partial charge < -0.3 is 10.5 Å². The van der Waals surface area contributed by atoms with Crippen molar-refractivity contribution in [1.82, 2.24) is 9.88 Å². The van der Waals surface area contributed by atoms with Gasteiger partial charge in [-0.25, -0.2) is 4.98 Å². The predicted octanol–water partition coefficient (Wildman–Crippen LogP) is 2.12. The Labute approximate surface area is 107 Å². The second kappa shape index (κ2) is 6.33. The summed E-state index contributed by atoms with van der Waals surface area (Å²) >= 11 is 1.58. The van der Waals surface area contributed by atoms with Crippen molar-refractivity contribution in [2.24, 2.45) is 0 Å². The molecule has 1 saturated heterocycles. The molecule has 1 aromatic rings. The van der Waals surface area contributed by atoms with Crippen LogP contribution >= 0.6 is 11.3 Å². The number of hydrogen-bond acceptors (Lipinski definition) is 5. The van der Waals surface area contributed by atoms with Crippen LogP contribution in [0.2, 0.25) is 0 Å². The highest BCUT2D eigenvalue weighted by Gasteiger charge is 2.20. The molecule has 0 spiro atoms. The Kier molecular flexibility index (Phi) is 4.76. The van der Waals surface area contributed by atoms with Crippen molar-refractivity contribution in [2.75, 3.05) is 25.4 Å². The molecule has 96 valence electrons. The lowest BCUT2D eigenvalue weighted by molar-refractivity contribution is -0.00199. The Bertz CT molecular complexity index is 342. The summed E-state index contributed by atoms with van der Waals surface area (Å²) in [5.41, 5.74) is 5.64. The quantitative estimate of drug-likeness (QED) is 0.875. The molecule has 1 fully saturated rings. The Morgan fingerprint density at radius 1 is 1.65 bits per heavy atom. The van der Waals surface area contributed by atoms with Crippen molar-refractivity contribution in [3.8, 4) is 0 Å². The Morgan fingerprint density at radius 2 is 2.53 bits per heavy atom. The molecule has 0 aliphatic carbocycles. The highest BCUT2D eigenvalue weighted by atomic mass is 32.1. The highest BCUT2D eigenvalue weighted by molar-refractivity contribution is 7.15. The van der Waals surface area contributed by atoms with Crippen molar-refractivity contribution in [2.45, 2.75) is 38.8 Å². The van der Waals surface area contributed by atoms with Crippen molar-refractivity contribution in [3.05, 3.63) is 11.1 Å². The number of nitrogen functional groups attached to an aromatic ring is 1. The summed E-state index contributed by atoms with van der Waals surface area (Å²) in [6.45, 7) is 6.19. The average Bonchev–Trinajstić information content (AvgIpc) is 2.73. The zero-order valence-corrected chi connectivity index (χ0v) is 11.2. The lowest BCUT2D eigenvalue weighted by Gasteiger charge is -2.32. The maximum atomic E-state index is 5.83. The minimum atomic E-state index is 0.411. The van der Waals surface area contributed by atoms with Gasteiger partial charge in [0.1, 0.15) is 0 Å². The van der Waals surface area contributed by atoms with Crippen LogP contribution in [0.5, 0.6) is 0 Å². The molecule has 5 heteroatoms. The highest BCUT2D eigenvalue weighted by Crippen LogP contribution is 2.20. The smallest absolute Gasteiger partial charge is 0.180 e. The van der Waals surface area contributed by atoms with Crippen LogP contribution in [0.3, 0.4) is 0 Å². The van der Waals surface area contributed by atoms with Crippen LogP contribution in [0.25, 0.3) is 0 Å². The molecule has 1 atom stereocenters. The lowest BCUT2D eigenvalue weighted by Crippen LogP contribution is -2.39. The molecule has 0 radical (unpaired) electrons. The van der Waals surface area contributed by atoms with Gasteiger partial charge in [0.15, 0.2) is 5.13 Å². The van der Waals surface area contributed by atoms with Gasteiger partial charge in [-0.2, -0.15) is 0 Å². The van der Waals surface area contributed by atoms with Gasteiger partial charge in [0, 0.05) is 30.8 Å². The Balaban J connectivity index is 1.80. The van der Waals surface area contributed by atoms with Gasteiger partial charge in [-0.05, 0) is 25.8 Å². The Hall–Kier alpha value is -0.650. The predicted molar refractivity (Wildman–Crippen MR) is 71.1 cm³/mol. The Morgan fingerprint density at radius 3 is 3.24 bits per heavy atom. The van der Waals surface area contributed by atoms with E-state index in [1.807, 2.05) is 6.20 Å². The molecule has 1 aromatic heterocycles.